The van der Waals surface area contributed by atoms with Crippen LogP contribution >= 0.6 is 34.7 Å². The van der Waals surface area contributed by atoms with Gasteiger partial charge in [-0.2, -0.15) is 0 Å². The zero-order chi connectivity index (χ0) is 17.2. The first-order chi connectivity index (χ1) is 12.2. The molecular formula is C17H13ClN4OS2. The van der Waals surface area contributed by atoms with Crippen LogP contribution in [0.5, 0.6) is 0 Å². The number of benzene rings is 1. The Labute approximate surface area is 157 Å². The van der Waals surface area contributed by atoms with Gasteiger partial charge in [0.2, 0.25) is 0 Å². The maximum Gasteiger partial charge on any atom is 0.191 e. The molecule has 4 rings (SSSR count). The van der Waals surface area contributed by atoms with Crippen LogP contribution in [0.1, 0.15) is 5.69 Å². The van der Waals surface area contributed by atoms with E-state index in [2.05, 4.69) is 15.2 Å². The molecule has 8 heteroatoms. The highest BCUT2D eigenvalue weighted by Gasteiger charge is 2.13. The summed E-state index contributed by atoms with van der Waals surface area (Å²) in [6.45, 7) is 0. The first-order valence-corrected chi connectivity index (χ1v) is 9.71. The predicted octanol–water partition coefficient (Wildman–Crippen LogP) is 5.14. The fraction of sp³-hybridized carbons (Fsp3) is 0.118. The van der Waals surface area contributed by atoms with Crippen LogP contribution in [0.2, 0.25) is 5.02 Å². The number of thioether (sulfide) groups is 1. The van der Waals surface area contributed by atoms with Gasteiger partial charge in [0.05, 0.1) is 12.0 Å². The van der Waals surface area contributed by atoms with Crippen molar-refractivity contribution in [1.29, 1.82) is 0 Å². The topological polar surface area (TPSA) is 56.7 Å². The van der Waals surface area contributed by atoms with Gasteiger partial charge >= 0.3 is 0 Å². The lowest BCUT2D eigenvalue weighted by molar-refractivity contribution is 0.581. The minimum Gasteiger partial charge on any atom is -0.462 e. The summed E-state index contributed by atoms with van der Waals surface area (Å²) in [5, 5.41) is 13.1. The number of halogens is 1. The van der Waals surface area contributed by atoms with E-state index in [1.165, 1.54) is 0 Å². The summed E-state index contributed by atoms with van der Waals surface area (Å²) in [4.78, 5) is 4.60. The minimum absolute atomic E-state index is 0.705. The van der Waals surface area contributed by atoms with E-state index in [1.807, 2.05) is 53.4 Å². The van der Waals surface area contributed by atoms with Crippen LogP contribution < -0.4 is 0 Å². The Morgan fingerprint density at radius 2 is 2.04 bits per heavy atom. The largest absolute Gasteiger partial charge is 0.462 e. The van der Waals surface area contributed by atoms with Gasteiger partial charge in [-0.15, -0.1) is 21.5 Å². The SMILES string of the molecule is Cn1c(SCc2csc(-c3ccco3)n2)nnc1-c1ccc(Cl)cc1. The maximum atomic E-state index is 5.94. The van der Waals surface area contributed by atoms with Crippen LogP contribution in [0.3, 0.4) is 0 Å². The highest BCUT2D eigenvalue weighted by Crippen LogP contribution is 2.29. The molecule has 3 aromatic heterocycles. The van der Waals surface area contributed by atoms with E-state index in [-0.39, 0.29) is 0 Å². The second-order valence-electron chi connectivity index (χ2n) is 5.28. The number of nitrogens with zero attached hydrogens (tertiary/aromatic N) is 4. The summed E-state index contributed by atoms with van der Waals surface area (Å²) in [7, 11) is 1.96. The second-order valence-corrected chi connectivity index (χ2v) is 7.52. The Morgan fingerprint density at radius 3 is 2.80 bits per heavy atom. The number of hydrogen-bond donors (Lipinski definition) is 0. The normalized spacial score (nSPS) is 11.1. The molecule has 1 aromatic carbocycles. The van der Waals surface area contributed by atoms with Crippen molar-refractivity contribution in [2.45, 2.75) is 10.9 Å². The molecule has 0 aliphatic carbocycles. The standard InChI is InChI=1S/C17H13ClN4OS2/c1-22-15(11-4-6-12(18)7-5-11)20-21-17(22)25-10-13-9-24-16(19-13)14-3-2-8-23-14/h2-9H,10H2,1H3. The highest BCUT2D eigenvalue weighted by atomic mass is 35.5. The lowest BCUT2D eigenvalue weighted by Gasteiger charge is -2.03. The molecule has 0 aliphatic rings. The van der Waals surface area contributed by atoms with Crippen molar-refractivity contribution in [2.24, 2.45) is 7.05 Å². The van der Waals surface area contributed by atoms with Gasteiger partial charge in [-0.3, -0.25) is 0 Å². The number of furan rings is 1. The highest BCUT2D eigenvalue weighted by molar-refractivity contribution is 7.98. The van der Waals surface area contributed by atoms with E-state index in [0.29, 0.717) is 5.02 Å². The molecule has 3 heterocycles. The van der Waals surface area contributed by atoms with E-state index in [1.54, 1.807) is 29.4 Å². The zero-order valence-electron chi connectivity index (χ0n) is 13.2. The lowest BCUT2D eigenvalue weighted by atomic mass is 10.2. The van der Waals surface area contributed by atoms with Crippen molar-refractivity contribution in [3.63, 3.8) is 0 Å². The molecule has 0 atom stereocenters. The van der Waals surface area contributed by atoms with Crippen LogP contribution in [0.4, 0.5) is 0 Å². The minimum atomic E-state index is 0.705. The zero-order valence-corrected chi connectivity index (χ0v) is 15.6. The van der Waals surface area contributed by atoms with Gasteiger partial charge in [0.25, 0.3) is 0 Å². The Balaban J connectivity index is 1.48. The molecule has 0 aliphatic heterocycles. The van der Waals surface area contributed by atoms with E-state index in [4.69, 9.17) is 16.0 Å². The smallest absolute Gasteiger partial charge is 0.191 e. The molecule has 0 saturated carbocycles. The van der Waals surface area contributed by atoms with Crippen LogP contribution in [-0.2, 0) is 12.8 Å². The maximum absolute atomic E-state index is 5.94. The van der Waals surface area contributed by atoms with Gasteiger partial charge in [0, 0.05) is 28.8 Å². The van der Waals surface area contributed by atoms with E-state index in [0.717, 1.165) is 38.8 Å². The predicted molar refractivity (Wildman–Crippen MR) is 101 cm³/mol. The van der Waals surface area contributed by atoms with E-state index in [9.17, 15) is 0 Å². The quantitative estimate of drug-likeness (QED) is 0.443. The van der Waals surface area contributed by atoms with Crippen molar-refractivity contribution >= 4 is 34.7 Å². The van der Waals surface area contributed by atoms with Crippen LogP contribution in [0.15, 0.2) is 57.6 Å². The summed E-state index contributed by atoms with van der Waals surface area (Å²) in [5.41, 5.74) is 1.98. The number of hydrogen-bond acceptors (Lipinski definition) is 6. The second kappa shape index (κ2) is 7.03. The molecule has 0 spiro atoms. The van der Waals surface area contributed by atoms with E-state index < -0.39 is 0 Å². The summed E-state index contributed by atoms with van der Waals surface area (Å²) >= 11 is 9.12. The number of aromatic nitrogens is 4. The van der Waals surface area contributed by atoms with Gasteiger partial charge in [-0.05, 0) is 36.4 Å². The molecule has 0 bridgehead atoms. The Hall–Kier alpha value is -2.09. The first kappa shape index (κ1) is 16.4. The lowest BCUT2D eigenvalue weighted by Crippen LogP contribution is -1.95. The van der Waals surface area contributed by atoms with E-state index >= 15 is 0 Å². The number of thiazole rings is 1. The van der Waals surface area contributed by atoms with Gasteiger partial charge in [-0.25, -0.2) is 4.98 Å². The van der Waals surface area contributed by atoms with Crippen molar-refractivity contribution < 1.29 is 4.42 Å². The summed E-state index contributed by atoms with van der Waals surface area (Å²) in [6, 6.07) is 11.4. The molecule has 5 nitrogen and oxygen atoms in total. The molecule has 0 unspecified atom stereocenters. The number of rotatable bonds is 5. The third kappa shape index (κ3) is 3.49. The summed E-state index contributed by atoms with van der Waals surface area (Å²) < 4.78 is 7.36. The van der Waals surface area contributed by atoms with Crippen molar-refractivity contribution in [3.8, 4) is 22.2 Å². The summed E-state index contributed by atoms with van der Waals surface area (Å²) in [5.74, 6) is 2.34. The Morgan fingerprint density at radius 1 is 1.20 bits per heavy atom. The Kier molecular flexibility index (Phi) is 4.61. The van der Waals surface area contributed by atoms with Crippen LogP contribution in [-0.4, -0.2) is 19.7 Å². The fourth-order valence-corrected chi connectivity index (χ4v) is 4.14. The average Bonchev–Trinajstić information content (AvgIpc) is 3.35. The van der Waals surface area contributed by atoms with Gasteiger partial charge in [0.15, 0.2) is 21.7 Å². The van der Waals surface area contributed by atoms with Crippen LogP contribution in [0, 0.1) is 0 Å². The average molecular weight is 389 g/mol. The van der Waals surface area contributed by atoms with Crippen molar-refractivity contribution in [3.05, 3.63) is 58.8 Å². The molecule has 0 saturated heterocycles. The molecule has 126 valence electrons. The monoisotopic (exact) mass is 388 g/mol. The van der Waals surface area contributed by atoms with Gasteiger partial charge in [-0.1, -0.05) is 23.4 Å². The van der Waals surface area contributed by atoms with Gasteiger partial charge in [0.1, 0.15) is 0 Å². The molecule has 0 fully saturated rings. The molecule has 0 amide bonds. The first-order valence-electron chi connectivity index (χ1n) is 7.47. The van der Waals surface area contributed by atoms with Crippen molar-refractivity contribution in [2.75, 3.05) is 0 Å². The molecule has 4 aromatic rings. The third-order valence-electron chi connectivity index (χ3n) is 3.57. The molecule has 0 radical (unpaired) electrons. The van der Waals surface area contributed by atoms with Crippen molar-refractivity contribution in [1.82, 2.24) is 19.7 Å². The molecule has 25 heavy (non-hydrogen) atoms. The summed E-state index contributed by atoms with van der Waals surface area (Å²) in [6.07, 6.45) is 1.66. The molecular weight excluding hydrogens is 376 g/mol. The fourth-order valence-electron chi connectivity index (χ4n) is 2.32. The van der Waals surface area contributed by atoms with Crippen LogP contribution in [0.25, 0.3) is 22.2 Å². The van der Waals surface area contributed by atoms with Gasteiger partial charge < -0.3 is 8.98 Å². The Bertz CT molecular complexity index is 977. The third-order valence-corrected chi connectivity index (χ3v) is 5.78. The molecule has 0 N–H and O–H groups in total.